The predicted octanol–water partition coefficient (Wildman–Crippen LogP) is 3.45. The van der Waals surface area contributed by atoms with Gasteiger partial charge in [0.05, 0.1) is 6.10 Å². The van der Waals surface area contributed by atoms with Crippen LogP contribution < -0.4 is 0 Å². The molecule has 1 N–H and O–H groups in total. The van der Waals surface area contributed by atoms with Crippen molar-refractivity contribution in [2.75, 3.05) is 20.6 Å². The van der Waals surface area contributed by atoms with E-state index in [0.717, 1.165) is 18.4 Å². The fourth-order valence-electron chi connectivity index (χ4n) is 6.39. The van der Waals surface area contributed by atoms with Crippen LogP contribution in [0.1, 0.15) is 44.1 Å². The van der Waals surface area contributed by atoms with Crippen LogP contribution in [0.2, 0.25) is 0 Å². The first-order valence-electron chi connectivity index (χ1n) is 8.90. The van der Waals surface area contributed by atoms with Gasteiger partial charge < -0.3 is 10.0 Å². The molecule has 1 aromatic rings. The predicted molar refractivity (Wildman–Crippen MR) is 89.8 cm³/mol. The quantitative estimate of drug-likeness (QED) is 0.920. The molecule has 5 rings (SSSR count). The number of aliphatic hydroxyl groups excluding tert-OH is 1. The number of aliphatic hydroxyl groups is 1. The normalized spacial score (nSPS) is 41.1. The fourth-order valence-corrected chi connectivity index (χ4v) is 6.39. The van der Waals surface area contributed by atoms with E-state index in [1.54, 1.807) is 0 Å². The van der Waals surface area contributed by atoms with E-state index in [9.17, 15) is 5.11 Å². The molecule has 22 heavy (non-hydrogen) atoms. The summed E-state index contributed by atoms with van der Waals surface area (Å²) in [4.78, 5) is 2.15. The Morgan fingerprint density at radius 2 is 1.73 bits per heavy atom. The zero-order valence-corrected chi connectivity index (χ0v) is 14.0. The molecule has 2 heteroatoms. The number of rotatable bonds is 4. The lowest BCUT2D eigenvalue weighted by Crippen LogP contribution is -2.59. The van der Waals surface area contributed by atoms with Gasteiger partial charge in [0.25, 0.3) is 0 Å². The monoisotopic (exact) mass is 299 g/mol. The van der Waals surface area contributed by atoms with Gasteiger partial charge in [0.1, 0.15) is 0 Å². The van der Waals surface area contributed by atoms with Gasteiger partial charge in [0, 0.05) is 6.54 Å². The van der Waals surface area contributed by atoms with Crippen LogP contribution in [0, 0.1) is 17.3 Å². The summed E-state index contributed by atoms with van der Waals surface area (Å²) in [6.07, 6.45) is 7.65. The molecule has 3 unspecified atom stereocenters. The molecule has 0 saturated heterocycles. The summed E-state index contributed by atoms with van der Waals surface area (Å²) < 4.78 is 0. The molecule has 2 nitrogen and oxygen atoms in total. The maximum Gasteiger partial charge on any atom is 0.0723 e. The van der Waals surface area contributed by atoms with Gasteiger partial charge in [-0.3, -0.25) is 0 Å². The van der Waals surface area contributed by atoms with E-state index in [2.05, 4.69) is 49.3 Å². The van der Waals surface area contributed by atoms with Crippen LogP contribution in [-0.4, -0.2) is 36.8 Å². The van der Waals surface area contributed by atoms with E-state index in [1.165, 1.54) is 44.1 Å². The summed E-state index contributed by atoms with van der Waals surface area (Å²) in [5.41, 5.74) is 2.05. The van der Waals surface area contributed by atoms with E-state index < -0.39 is 0 Å². The van der Waals surface area contributed by atoms with Crippen molar-refractivity contribution < 1.29 is 5.11 Å². The molecule has 0 spiro atoms. The third-order valence-corrected chi connectivity index (χ3v) is 6.74. The lowest BCUT2D eigenvalue weighted by molar-refractivity contribution is -0.136. The molecule has 120 valence electrons. The Balaban J connectivity index is 1.69. The standard InChI is InChI=1S/C20H29NO/c1-21(2)13-18(22)20-11-15-8-16(12-20)10-19(9-15,14-20)17-6-4-3-5-7-17/h3-7,15-16,18,22H,8-14H2,1-2H3. The lowest BCUT2D eigenvalue weighted by atomic mass is 9.42. The average Bonchev–Trinajstić information content (AvgIpc) is 2.46. The van der Waals surface area contributed by atoms with Gasteiger partial charge in [-0.15, -0.1) is 0 Å². The minimum Gasteiger partial charge on any atom is -0.391 e. The van der Waals surface area contributed by atoms with Crippen molar-refractivity contribution in [2.45, 2.75) is 50.0 Å². The molecule has 1 aromatic carbocycles. The highest BCUT2D eigenvalue weighted by Gasteiger charge is 2.60. The van der Waals surface area contributed by atoms with Crippen LogP contribution >= 0.6 is 0 Å². The summed E-state index contributed by atoms with van der Waals surface area (Å²) in [5.74, 6) is 1.66. The highest BCUT2D eigenvalue weighted by Crippen LogP contribution is 2.66. The van der Waals surface area contributed by atoms with Crippen molar-refractivity contribution in [1.29, 1.82) is 0 Å². The number of nitrogens with zero attached hydrogens (tertiary/aromatic N) is 1. The molecular weight excluding hydrogens is 270 g/mol. The Bertz CT molecular complexity index is 524. The number of benzene rings is 1. The second-order valence-corrected chi connectivity index (χ2v) is 8.75. The van der Waals surface area contributed by atoms with Gasteiger partial charge in [-0.25, -0.2) is 0 Å². The Labute approximate surface area is 134 Å². The van der Waals surface area contributed by atoms with Crippen molar-refractivity contribution >= 4 is 0 Å². The maximum atomic E-state index is 11.0. The fraction of sp³-hybridized carbons (Fsp3) is 0.700. The Morgan fingerprint density at radius 3 is 2.32 bits per heavy atom. The van der Waals surface area contributed by atoms with Gasteiger partial charge in [0.2, 0.25) is 0 Å². The van der Waals surface area contributed by atoms with E-state index in [0.29, 0.717) is 5.41 Å². The lowest BCUT2D eigenvalue weighted by Gasteiger charge is -2.64. The van der Waals surface area contributed by atoms with E-state index in [4.69, 9.17) is 0 Å². The molecule has 0 aliphatic heterocycles. The molecule has 4 aliphatic rings. The van der Waals surface area contributed by atoms with E-state index in [-0.39, 0.29) is 11.5 Å². The van der Waals surface area contributed by atoms with Gasteiger partial charge in [-0.05, 0) is 80.8 Å². The molecule has 3 atom stereocenters. The minimum atomic E-state index is -0.170. The van der Waals surface area contributed by atoms with Gasteiger partial charge in [0.15, 0.2) is 0 Å². The molecule has 4 saturated carbocycles. The zero-order valence-electron chi connectivity index (χ0n) is 14.0. The SMILES string of the molecule is CN(C)CC(O)C12CC3CC(CC(c4ccccc4)(C3)C1)C2. The molecule has 4 bridgehead atoms. The topological polar surface area (TPSA) is 23.5 Å². The van der Waals surface area contributed by atoms with Crippen molar-refractivity contribution in [3.63, 3.8) is 0 Å². The van der Waals surface area contributed by atoms with Gasteiger partial charge in [-0.2, -0.15) is 0 Å². The van der Waals surface area contributed by atoms with Crippen molar-refractivity contribution in [3.05, 3.63) is 35.9 Å². The Morgan fingerprint density at radius 1 is 1.09 bits per heavy atom. The van der Waals surface area contributed by atoms with E-state index in [1.807, 2.05) is 0 Å². The molecular formula is C20H29NO. The van der Waals surface area contributed by atoms with Crippen LogP contribution in [0.15, 0.2) is 30.3 Å². The van der Waals surface area contributed by atoms with Crippen LogP contribution in [0.5, 0.6) is 0 Å². The largest absolute Gasteiger partial charge is 0.391 e. The van der Waals surface area contributed by atoms with Crippen LogP contribution in [0.25, 0.3) is 0 Å². The van der Waals surface area contributed by atoms with Crippen LogP contribution in [-0.2, 0) is 5.41 Å². The average molecular weight is 299 g/mol. The maximum absolute atomic E-state index is 11.0. The third-order valence-electron chi connectivity index (χ3n) is 6.74. The van der Waals surface area contributed by atoms with Crippen molar-refractivity contribution in [1.82, 2.24) is 4.90 Å². The Hall–Kier alpha value is -0.860. The summed E-state index contributed by atoms with van der Waals surface area (Å²) in [6.45, 7) is 0.810. The van der Waals surface area contributed by atoms with Gasteiger partial charge >= 0.3 is 0 Å². The van der Waals surface area contributed by atoms with Crippen molar-refractivity contribution in [3.8, 4) is 0 Å². The Kier molecular flexibility index (Phi) is 3.39. The smallest absolute Gasteiger partial charge is 0.0723 e. The second-order valence-electron chi connectivity index (χ2n) is 8.75. The molecule has 0 aromatic heterocycles. The molecule has 0 heterocycles. The number of likely N-dealkylation sites (N-methyl/N-ethyl adjacent to an activating group) is 1. The number of hydrogen-bond donors (Lipinski definition) is 1. The molecule has 0 radical (unpaired) electrons. The van der Waals surface area contributed by atoms with Gasteiger partial charge in [-0.1, -0.05) is 30.3 Å². The molecule has 4 fully saturated rings. The van der Waals surface area contributed by atoms with E-state index >= 15 is 0 Å². The highest BCUT2D eigenvalue weighted by atomic mass is 16.3. The summed E-state index contributed by atoms with van der Waals surface area (Å²) in [5, 5.41) is 11.0. The first-order valence-corrected chi connectivity index (χ1v) is 8.90. The zero-order chi connectivity index (χ0) is 15.4. The number of hydrogen-bond acceptors (Lipinski definition) is 2. The van der Waals surface area contributed by atoms with Crippen LogP contribution in [0.3, 0.4) is 0 Å². The third kappa shape index (κ3) is 2.23. The second kappa shape index (κ2) is 5.07. The molecule has 4 aliphatic carbocycles. The minimum absolute atomic E-state index is 0.170. The summed E-state index contributed by atoms with van der Waals surface area (Å²) in [7, 11) is 4.16. The molecule has 0 amide bonds. The summed E-state index contributed by atoms with van der Waals surface area (Å²) in [6, 6.07) is 11.2. The summed E-state index contributed by atoms with van der Waals surface area (Å²) >= 11 is 0. The first-order chi connectivity index (χ1) is 10.5. The van der Waals surface area contributed by atoms with Crippen molar-refractivity contribution in [2.24, 2.45) is 17.3 Å². The first kappa shape index (κ1) is 14.7. The highest BCUT2D eigenvalue weighted by molar-refractivity contribution is 5.30. The van der Waals surface area contributed by atoms with Crippen LogP contribution in [0.4, 0.5) is 0 Å².